The van der Waals surface area contributed by atoms with E-state index in [0.717, 1.165) is 6.07 Å². The number of sulfone groups is 1. The summed E-state index contributed by atoms with van der Waals surface area (Å²) in [6, 6.07) is 3.44. The number of aromatic carboxylic acids is 1. The summed E-state index contributed by atoms with van der Waals surface area (Å²) in [5, 5.41) is 8.74. The van der Waals surface area contributed by atoms with Gasteiger partial charge in [0.2, 0.25) is 0 Å². The normalized spacial score (nSPS) is 11.2. The molecule has 0 bridgehead atoms. The first-order chi connectivity index (χ1) is 7.74. The molecule has 1 aromatic carbocycles. The number of halogens is 2. The van der Waals surface area contributed by atoms with Crippen molar-refractivity contribution in [3.63, 3.8) is 0 Å². The summed E-state index contributed by atoms with van der Waals surface area (Å²) in [6.45, 7) is 3.28. The van der Waals surface area contributed by atoms with E-state index in [1.807, 2.05) is 0 Å². The third-order valence-corrected chi connectivity index (χ3v) is 4.20. The van der Waals surface area contributed by atoms with E-state index in [2.05, 4.69) is 6.58 Å². The molecule has 92 valence electrons. The predicted octanol–water partition coefficient (Wildman–Crippen LogP) is 2.56. The Morgan fingerprint density at radius 2 is 2.00 bits per heavy atom. The van der Waals surface area contributed by atoms with Gasteiger partial charge >= 0.3 is 5.97 Å². The molecule has 0 saturated carbocycles. The van der Waals surface area contributed by atoms with Crippen molar-refractivity contribution in [2.24, 2.45) is 0 Å². The van der Waals surface area contributed by atoms with Gasteiger partial charge in [0.25, 0.3) is 0 Å². The molecule has 0 radical (unpaired) electrons. The van der Waals surface area contributed by atoms with Crippen molar-refractivity contribution in [3.8, 4) is 0 Å². The molecule has 1 N–H and O–H groups in total. The number of rotatable bonds is 4. The predicted molar refractivity (Wildman–Crippen MR) is 65.5 cm³/mol. The zero-order valence-corrected chi connectivity index (χ0v) is 10.8. The molecule has 0 fully saturated rings. The highest BCUT2D eigenvalue weighted by molar-refractivity contribution is 7.91. The lowest BCUT2D eigenvalue weighted by Crippen LogP contribution is -2.08. The quantitative estimate of drug-likeness (QED) is 0.926. The van der Waals surface area contributed by atoms with Gasteiger partial charge in [0.1, 0.15) is 0 Å². The maximum atomic E-state index is 11.7. The van der Waals surface area contributed by atoms with E-state index in [1.54, 1.807) is 0 Å². The van der Waals surface area contributed by atoms with E-state index in [0.29, 0.717) is 0 Å². The Hall–Kier alpha value is -1.04. The molecule has 0 spiro atoms. The molecule has 0 aliphatic carbocycles. The molecule has 0 amide bonds. The summed E-state index contributed by atoms with van der Waals surface area (Å²) in [7, 11) is -3.69. The summed E-state index contributed by atoms with van der Waals surface area (Å²) in [5.41, 5.74) is -0.270. The monoisotopic (exact) mass is 294 g/mol. The molecule has 0 heterocycles. The van der Waals surface area contributed by atoms with Crippen LogP contribution in [0.3, 0.4) is 0 Å². The highest BCUT2D eigenvalue weighted by atomic mass is 35.5. The van der Waals surface area contributed by atoms with Gasteiger partial charge in [-0.2, -0.15) is 0 Å². The van der Waals surface area contributed by atoms with Gasteiger partial charge in [0.05, 0.1) is 21.2 Å². The van der Waals surface area contributed by atoms with Gasteiger partial charge in [-0.25, -0.2) is 13.2 Å². The summed E-state index contributed by atoms with van der Waals surface area (Å²) >= 11 is 11.1. The molecule has 0 aliphatic rings. The molecule has 0 atom stereocenters. The standard InChI is InChI=1S/C10H8Cl2O4S/c1-6(11)5-17(15,16)7-2-3-9(12)8(4-7)10(13)14/h2-4H,1,5H2,(H,13,14). The highest BCUT2D eigenvalue weighted by Crippen LogP contribution is 2.22. The van der Waals surface area contributed by atoms with Gasteiger partial charge in [0, 0.05) is 5.03 Å². The SMILES string of the molecule is C=C(Cl)CS(=O)(=O)c1ccc(Cl)c(C(=O)O)c1. The van der Waals surface area contributed by atoms with Crippen molar-refractivity contribution in [2.75, 3.05) is 5.75 Å². The highest BCUT2D eigenvalue weighted by Gasteiger charge is 2.19. The van der Waals surface area contributed by atoms with Crippen LogP contribution < -0.4 is 0 Å². The molecule has 1 aromatic rings. The maximum absolute atomic E-state index is 11.7. The second kappa shape index (κ2) is 5.08. The number of carboxylic acids is 1. The van der Waals surface area contributed by atoms with Gasteiger partial charge in [-0.15, -0.1) is 0 Å². The average molecular weight is 295 g/mol. The Morgan fingerprint density at radius 3 is 2.47 bits per heavy atom. The topological polar surface area (TPSA) is 71.4 Å². The Kier molecular flexibility index (Phi) is 4.19. The van der Waals surface area contributed by atoms with Crippen molar-refractivity contribution in [3.05, 3.63) is 40.4 Å². The van der Waals surface area contributed by atoms with Crippen LogP contribution in [0, 0.1) is 0 Å². The molecule has 7 heteroatoms. The fourth-order valence-corrected chi connectivity index (χ4v) is 2.93. The molecule has 1 rings (SSSR count). The van der Waals surface area contributed by atoms with Gasteiger partial charge in [-0.05, 0) is 18.2 Å². The number of benzene rings is 1. The number of hydrogen-bond donors (Lipinski definition) is 1. The summed E-state index contributed by atoms with van der Waals surface area (Å²) in [6.07, 6.45) is 0. The first-order valence-corrected chi connectivity index (χ1v) is 6.74. The van der Waals surface area contributed by atoms with E-state index >= 15 is 0 Å². The van der Waals surface area contributed by atoms with E-state index in [9.17, 15) is 13.2 Å². The largest absolute Gasteiger partial charge is 0.478 e. The van der Waals surface area contributed by atoms with E-state index < -0.39 is 21.6 Å². The molecule has 0 aliphatic heterocycles. The summed E-state index contributed by atoms with van der Waals surface area (Å²) in [4.78, 5) is 10.6. The second-order valence-corrected chi connectivity index (χ2v) is 6.15. The minimum Gasteiger partial charge on any atom is -0.478 e. The van der Waals surface area contributed by atoms with Crippen LogP contribution in [0.1, 0.15) is 10.4 Å². The second-order valence-electron chi connectivity index (χ2n) is 3.22. The smallest absolute Gasteiger partial charge is 0.337 e. The fourth-order valence-electron chi connectivity index (χ4n) is 1.15. The zero-order valence-electron chi connectivity index (χ0n) is 8.48. The lowest BCUT2D eigenvalue weighted by molar-refractivity contribution is 0.0697. The van der Waals surface area contributed by atoms with Gasteiger partial charge in [0.15, 0.2) is 9.84 Å². The van der Waals surface area contributed by atoms with Crippen LogP contribution in [0.4, 0.5) is 0 Å². The minimum absolute atomic E-state index is 0.0267. The lowest BCUT2D eigenvalue weighted by Gasteiger charge is -2.05. The van der Waals surface area contributed by atoms with Gasteiger partial charge < -0.3 is 5.11 Å². The molecule has 17 heavy (non-hydrogen) atoms. The minimum atomic E-state index is -3.69. The Labute approximate surface area is 108 Å². The van der Waals surface area contributed by atoms with Crippen molar-refractivity contribution in [1.82, 2.24) is 0 Å². The first kappa shape index (κ1) is 14.0. The van der Waals surface area contributed by atoms with Crippen LogP contribution in [-0.2, 0) is 9.84 Å². The third-order valence-electron chi connectivity index (χ3n) is 1.87. The third kappa shape index (κ3) is 3.46. The maximum Gasteiger partial charge on any atom is 0.337 e. The fraction of sp³-hybridized carbons (Fsp3) is 0.100. The molecule has 0 unspecified atom stereocenters. The van der Waals surface area contributed by atoms with Crippen LogP contribution in [0.2, 0.25) is 5.02 Å². The number of carboxylic acid groups (broad SMARTS) is 1. The Balaban J connectivity index is 3.30. The van der Waals surface area contributed by atoms with Gasteiger partial charge in [-0.3, -0.25) is 0 Å². The van der Waals surface area contributed by atoms with Crippen LogP contribution in [0.15, 0.2) is 34.7 Å². The van der Waals surface area contributed by atoms with Crippen molar-refractivity contribution in [2.45, 2.75) is 4.90 Å². The van der Waals surface area contributed by atoms with Crippen LogP contribution in [0.5, 0.6) is 0 Å². The lowest BCUT2D eigenvalue weighted by atomic mass is 10.2. The Bertz CT molecular complexity index is 578. The molecular weight excluding hydrogens is 287 g/mol. The van der Waals surface area contributed by atoms with Crippen LogP contribution >= 0.6 is 23.2 Å². The molecular formula is C10H8Cl2O4S. The van der Waals surface area contributed by atoms with Crippen LogP contribution in [0.25, 0.3) is 0 Å². The average Bonchev–Trinajstić information content (AvgIpc) is 2.15. The Morgan fingerprint density at radius 1 is 1.41 bits per heavy atom. The first-order valence-electron chi connectivity index (χ1n) is 4.33. The van der Waals surface area contributed by atoms with E-state index in [4.69, 9.17) is 28.3 Å². The number of carbonyl (C=O) groups is 1. The van der Waals surface area contributed by atoms with E-state index in [1.165, 1.54) is 12.1 Å². The van der Waals surface area contributed by atoms with Crippen LogP contribution in [-0.4, -0.2) is 25.2 Å². The van der Waals surface area contributed by atoms with Crippen molar-refractivity contribution in [1.29, 1.82) is 0 Å². The summed E-state index contributed by atoms with van der Waals surface area (Å²) in [5.74, 6) is -1.74. The van der Waals surface area contributed by atoms with Gasteiger partial charge in [-0.1, -0.05) is 29.8 Å². The molecule has 4 nitrogen and oxygen atoms in total. The summed E-state index contributed by atoms with van der Waals surface area (Å²) < 4.78 is 23.5. The van der Waals surface area contributed by atoms with Crippen molar-refractivity contribution >= 4 is 39.0 Å². The van der Waals surface area contributed by atoms with Crippen molar-refractivity contribution < 1.29 is 18.3 Å². The van der Waals surface area contributed by atoms with E-state index in [-0.39, 0.29) is 20.5 Å². The molecule has 0 saturated heterocycles. The molecule has 0 aromatic heterocycles. The zero-order chi connectivity index (χ0) is 13.2. The number of hydrogen-bond acceptors (Lipinski definition) is 3.